The summed E-state index contributed by atoms with van der Waals surface area (Å²) in [7, 11) is 0. The molecular formula is C7H12N2O4. The summed E-state index contributed by atoms with van der Waals surface area (Å²) < 4.78 is 4.96. The van der Waals surface area contributed by atoms with Gasteiger partial charge in [-0.15, -0.1) is 0 Å². The molecule has 4 N–H and O–H groups in total. The number of hydrogen-bond acceptors (Lipinski definition) is 5. The van der Waals surface area contributed by atoms with Crippen LogP contribution in [0.2, 0.25) is 0 Å². The van der Waals surface area contributed by atoms with Crippen LogP contribution in [0.15, 0.2) is 11.5 Å². The number of aliphatic carboxylic acids is 1. The molecule has 74 valence electrons. The normalized spacial score (nSPS) is 22.1. The number of hydrogen-bond donors (Lipinski definition) is 3. The molecule has 0 aromatic rings. The average molecular weight is 188 g/mol. The third-order valence-corrected chi connectivity index (χ3v) is 1.80. The second-order valence-electron chi connectivity index (χ2n) is 2.75. The monoisotopic (exact) mass is 188 g/mol. The van der Waals surface area contributed by atoms with Crippen LogP contribution in [0.25, 0.3) is 0 Å². The first-order valence-corrected chi connectivity index (χ1v) is 3.84. The predicted molar refractivity (Wildman–Crippen MR) is 42.3 cm³/mol. The third-order valence-electron chi connectivity index (χ3n) is 1.80. The number of allylic oxidation sites excluding steroid dienone is 2. The number of nitrogens with zero attached hydrogens (tertiary/aromatic N) is 1. The molecule has 0 radical (unpaired) electrons. The average Bonchev–Trinajstić information content (AvgIpc) is 2.24. The van der Waals surface area contributed by atoms with Gasteiger partial charge in [-0.25, -0.2) is 5.06 Å². The molecule has 0 aromatic heterocycles. The first-order chi connectivity index (χ1) is 6.02. The van der Waals surface area contributed by atoms with Gasteiger partial charge in [-0.3, -0.25) is 15.7 Å². The molecule has 1 aliphatic heterocycles. The van der Waals surface area contributed by atoms with Gasteiger partial charge in [0.1, 0.15) is 5.76 Å². The lowest BCUT2D eigenvalue weighted by molar-refractivity contribution is -0.148. The summed E-state index contributed by atoms with van der Waals surface area (Å²) in [6.45, 7) is 1.63. The van der Waals surface area contributed by atoms with Crippen molar-refractivity contribution >= 4 is 5.97 Å². The largest absolute Gasteiger partial charge is 0.481 e. The second-order valence-corrected chi connectivity index (χ2v) is 2.75. The van der Waals surface area contributed by atoms with Crippen molar-refractivity contribution in [2.75, 3.05) is 0 Å². The third kappa shape index (κ3) is 2.10. The molecule has 0 saturated heterocycles. The van der Waals surface area contributed by atoms with Crippen LogP contribution in [0.3, 0.4) is 0 Å². The van der Waals surface area contributed by atoms with Crippen LogP contribution in [0.1, 0.15) is 19.8 Å². The van der Waals surface area contributed by atoms with E-state index in [2.05, 4.69) is 0 Å². The minimum atomic E-state index is -0.922. The van der Waals surface area contributed by atoms with Crippen LogP contribution in [-0.4, -0.2) is 27.7 Å². The molecule has 0 fully saturated rings. The van der Waals surface area contributed by atoms with Crippen molar-refractivity contribution in [2.45, 2.75) is 26.1 Å². The quantitative estimate of drug-likeness (QED) is 0.579. The zero-order valence-corrected chi connectivity index (χ0v) is 7.23. The van der Waals surface area contributed by atoms with Crippen molar-refractivity contribution in [3.63, 3.8) is 0 Å². The second kappa shape index (κ2) is 3.63. The maximum Gasteiger partial charge on any atom is 0.303 e. The Morgan fingerprint density at radius 1 is 1.77 bits per heavy atom. The molecule has 0 bridgehead atoms. The SMILES string of the molecule is CC1=C(CCC(=O)O)N(O)C(N)O1. The van der Waals surface area contributed by atoms with E-state index < -0.39 is 12.3 Å². The summed E-state index contributed by atoms with van der Waals surface area (Å²) in [5.74, 6) is -0.453. The summed E-state index contributed by atoms with van der Waals surface area (Å²) in [5, 5.41) is 18.4. The Morgan fingerprint density at radius 3 is 2.77 bits per heavy atom. The summed E-state index contributed by atoms with van der Waals surface area (Å²) in [6, 6.07) is 0. The van der Waals surface area contributed by atoms with E-state index in [0.717, 1.165) is 5.06 Å². The number of carboxylic acid groups (broad SMARTS) is 1. The molecule has 0 aromatic carbocycles. The maximum absolute atomic E-state index is 10.3. The van der Waals surface area contributed by atoms with Gasteiger partial charge in [-0.05, 0) is 6.92 Å². The van der Waals surface area contributed by atoms with E-state index >= 15 is 0 Å². The molecular weight excluding hydrogens is 176 g/mol. The van der Waals surface area contributed by atoms with Gasteiger partial charge in [-0.2, -0.15) is 0 Å². The van der Waals surface area contributed by atoms with Crippen LogP contribution in [0.4, 0.5) is 0 Å². The number of nitrogens with two attached hydrogens (primary N) is 1. The predicted octanol–water partition coefficient (Wildman–Crippen LogP) is 0.0464. The van der Waals surface area contributed by atoms with Crippen LogP contribution in [0.5, 0.6) is 0 Å². The van der Waals surface area contributed by atoms with E-state index in [1.54, 1.807) is 6.92 Å². The first-order valence-electron chi connectivity index (χ1n) is 3.84. The van der Waals surface area contributed by atoms with E-state index in [1.807, 2.05) is 0 Å². The van der Waals surface area contributed by atoms with Crippen molar-refractivity contribution in [1.82, 2.24) is 5.06 Å². The number of rotatable bonds is 3. The molecule has 0 saturated carbocycles. The lowest BCUT2D eigenvalue weighted by Crippen LogP contribution is -2.35. The molecule has 6 heteroatoms. The standard InChI is InChI=1S/C7H12N2O4/c1-4-5(2-3-6(10)11)9(12)7(8)13-4/h7,12H,2-3,8H2,1H3,(H,10,11). The summed E-state index contributed by atoms with van der Waals surface area (Å²) in [5.41, 5.74) is 5.76. The van der Waals surface area contributed by atoms with Gasteiger partial charge in [-0.1, -0.05) is 0 Å². The minimum Gasteiger partial charge on any atom is -0.481 e. The summed E-state index contributed by atoms with van der Waals surface area (Å²) in [4.78, 5) is 10.3. The van der Waals surface area contributed by atoms with Crippen LogP contribution < -0.4 is 5.73 Å². The van der Waals surface area contributed by atoms with Gasteiger partial charge in [0.05, 0.1) is 12.1 Å². The molecule has 1 unspecified atom stereocenters. The van der Waals surface area contributed by atoms with Gasteiger partial charge in [0.25, 0.3) is 0 Å². The van der Waals surface area contributed by atoms with Crippen molar-refractivity contribution in [2.24, 2.45) is 5.73 Å². The number of ether oxygens (including phenoxy) is 1. The Kier molecular flexibility index (Phi) is 2.74. The number of carboxylic acids is 1. The van der Waals surface area contributed by atoms with Crippen molar-refractivity contribution in [1.29, 1.82) is 0 Å². The Labute approximate surface area is 75.2 Å². The lowest BCUT2D eigenvalue weighted by Gasteiger charge is -2.15. The highest BCUT2D eigenvalue weighted by Gasteiger charge is 2.27. The smallest absolute Gasteiger partial charge is 0.303 e. The van der Waals surface area contributed by atoms with E-state index in [4.69, 9.17) is 15.6 Å². The molecule has 1 atom stereocenters. The number of hydroxylamine groups is 2. The molecule has 1 heterocycles. The van der Waals surface area contributed by atoms with Crippen LogP contribution >= 0.6 is 0 Å². The molecule has 0 aliphatic carbocycles. The van der Waals surface area contributed by atoms with Crippen LogP contribution in [0, 0.1) is 0 Å². The zero-order chi connectivity index (χ0) is 10.0. The molecule has 0 spiro atoms. The highest BCUT2D eigenvalue weighted by Crippen LogP contribution is 2.24. The highest BCUT2D eigenvalue weighted by atomic mass is 16.6. The van der Waals surface area contributed by atoms with E-state index in [9.17, 15) is 10.0 Å². The van der Waals surface area contributed by atoms with Crippen molar-refractivity contribution in [3.8, 4) is 0 Å². The molecule has 1 aliphatic rings. The van der Waals surface area contributed by atoms with Crippen molar-refractivity contribution < 1.29 is 19.8 Å². The molecule has 6 nitrogen and oxygen atoms in total. The van der Waals surface area contributed by atoms with Crippen LogP contribution in [-0.2, 0) is 9.53 Å². The molecule has 0 amide bonds. The topological polar surface area (TPSA) is 96.0 Å². The Morgan fingerprint density at radius 2 is 2.38 bits per heavy atom. The van der Waals surface area contributed by atoms with Gasteiger partial charge in [0.2, 0.25) is 6.35 Å². The Bertz CT molecular complexity index is 251. The Hall–Kier alpha value is -1.27. The minimum absolute atomic E-state index is 0.0557. The van der Waals surface area contributed by atoms with Gasteiger partial charge >= 0.3 is 5.97 Å². The summed E-state index contributed by atoms with van der Waals surface area (Å²) >= 11 is 0. The van der Waals surface area contributed by atoms with Gasteiger partial charge in [0.15, 0.2) is 0 Å². The fourth-order valence-electron chi connectivity index (χ4n) is 1.13. The van der Waals surface area contributed by atoms with Gasteiger partial charge in [0, 0.05) is 6.42 Å². The van der Waals surface area contributed by atoms with Crippen molar-refractivity contribution in [3.05, 3.63) is 11.5 Å². The molecule has 1 rings (SSSR count). The lowest BCUT2D eigenvalue weighted by atomic mass is 10.2. The fraction of sp³-hybridized carbons (Fsp3) is 0.571. The number of carbonyl (C=O) groups is 1. The molecule has 13 heavy (non-hydrogen) atoms. The van der Waals surface area contributed by atoms with E-state index in [1.165, 1.54) is 0 Å². The summed E-state index contributed by atoms with van der Waals surface area (Å²) in [6.07, 6.45) is -0.755. The van der Waals surface area contributed by atoms with E-state index in [0.29, 0.717) is 11.5 Å². The Balaban J connectivity index is 2.57. The highest BCUT2D eigenvalue weighted by molar-refractivity contribution is 5.67. The first kappa shape index (κ1) is 9.82. The maximum atomic E-state index is 10.3. The van der Waals surface area contributed by atoms with Gasteiger partial charge < -0.3 is 9.84 Å². The van der Waals surface area contributed by atoms with E-state index in [-0.39, 0.29) is 12.8 Å². The fourth-order valence-corrected chi connectivity index (χ4v) is 1.13. The zero-order valence-electron chi connectivity index (χ0n) is 7.23.